The molecular formula is C19H19N5O4. The number of aliphatic hydroxyl groups is 1. The van der Waals surface area contributed by atoms with Crippen LogP contribution in [0.2, 0.25) is 0 Å². The summed E-state index contributed by atoms with van der Waals surface area (Å²) in [4.78, 5) is 37.9. The number of piperidine rings is 1. The van der Waals surface area contributed by atoms with Gasteiger partial charge < -0.3 is 10.0 Å². The maximum atomic E-state index is 12.9. The molecule has 3 heterocycles. The third-order valence-electron chi connectivity index (χ3n) is 5.66. The van der Waals surface area contributed by atoms with Crippen molar-refractivity contribution in [3.63, 3.8) is 0 Å². The topological polar surface area (TPSA) is 117 Å². The molecule has 3 aliphatic rings. The maximum absolute atomic E-state index is 12.9. The Kier molecular flexibility index (Phi) is 3.80. The first-order valence-corrected chi connectivity index (χ1v) is 9.39. The van der Waals surface area contributed by atoms with Crippen LogP contribution in [0.25, 0.3) is 5.69 Å². The third kappa shape index (κ3) is 2.78. The van der Waals surface area contributed by atoms with Crippen LogP contribution < -0.4 is 5.32 Å². The number of aliphatic hydroxyl groups excluding tert-OH is 1. The summed E-state index contributed by atoms with van der Waals surface area (Å²) in [6.45, 7) is 0.337. The zero-order valence-corrected chi connectivity index (χ0v) is 15.0. The summed E-state index contributed by atoms with van der Waals surface area (Å²) < 4.78 is 1.54. The van der Waals surface area contributed by atoms with Gasteiger partial charge in [0.05, 0.1) is 11.9 Å². The second kappa shape index (κ2) is 6.23. The Bertz CT molecular complexity index is 996. The van der Waals surface area contributed by atoms with Gasteiger partial charge in [-0.05, 0) is 42.9 Å². The molecule has 2 atom stereocenters. The maximum Gasteiger partial charge on any atom is 0.255 e. The number of aromatic nitrogens is 3. The summed E-state index contributed by atoms with van der Waals surface area (Å²) in [5.74, 6) is -0.700. The molecule has 1 saturated heterocycles. The fourth-order valence-electron chi connectivity index (χ4n) is 3.88. The minimum atomic E-state index is -0.632. The van der Waals surface area contributed by atoms with Gasteiger partial charge in [-0.3, -0.25) is 19.7 Å². The summed E-state index contributed by atoms with van der Waals surface area (Å²) in [6.07, 6.45) is 3.64. The van der Waals surface area contributed by atoms with Crippen LogP contribution in [-0.4, -0.2) is 48.8 Å². The van der Waals surface area contributed by atoms with E-state index >= 15 is 0 Å². The van der Waals surface area contributed by atoms with Gasteiger partial charge in [0.25, 0.3) is 5.91 Å². The van der Waals surface area contributed by atoms with Gasteiger partial charge in [0.2, 0.25) is 11.8 Å². The Morgan fingerprint density at radius 3 is 2.75 bits per heavy atom. The van der Waals surface area contributed by atoms with Crippen LogP contribution >= 0.6 is 0 Å². The molecule has 0 bridgehead atoms. The van der Waals surface area contributed by atoms with E-state index in [1.165, 1.54) is 4.90 Å². The molecule has 2 unspecified atom stereocenters. The molecule has 2 N–H and O–H groups in total. The first-order valence-electron chi connectivity index (χ1n) is 9.39. The number of rotatable bonds is 4. The first kappa shape index (κ1) is 17.1. The number of nitrogens with zero attached hydrogens (tertiary/aromatic N) is 4. The number of hydrogen-bond acceptors (Lipinski definition) is 6. The van der Waals surface area contributed by atoms with Gasteiger partial charge in [-0.15, -0.1) is 5.10 Å². The molecule has 1 aromatic heterocycles. The van der Waals surface area contributed by atoms with E-state index < -0.39 is 18.1 Å². The van der Waals surface area contributed by atoms with E-state index in [1.54, 1.807) is 16.9 Å². The van der Waals surface area contributed by atoms with Crippen LogP contribution in [0.1, 0.15) is 53.4 Å². The summed E-state index contributed by atoms with van der Waals surface area (Å²) in [6, 6.07) is 4.77. The molecule has 144 valence electrons. The molecule has 28 heavy (non-hydrogen) atoms. The molecule has 9 nitrogen and oxygen atoms in total. The minimum absolute atomic E-state index is 0.229. The average Bonchev–Trinajstić information content (AvgIpc) is 3.33. The Morgan fingerprint density at radius 2 is 2.00 bits per heavy atom. The Morgan fingerprint density at radius 1 is 1.18 bits per heavy atom. The number of hydrogen-bond donors (Lipinski definition) is 2. The van der Waals surface area contributed by atoms with Gasteiger partial charge >= 0.3 is 0 Å². The SMILES string of the molecule is O=C1CCC(N2Cc3ccc(-n4cc(C(O)C5CC5)nn4)cc3C2=O)C(=O)N1. The Labute approximate surface area is 160 Å². The van der Waals surface area contributed by atoms with Crippen molar-refractivity contribution in [3.8, 4) is 5.69 Å². The molecule has 0 radical (unpaired) electrons. The monoisotopic (exact) mass is 381 g/mol. The molecule has 1 aromatic carbocycles. The normalized spacial score (nSPS) is 23.0. The van der Waals surface area contributed by atoms with E-state index in [0.717, 1.165) is 18.4 Å². The second-order valence-electron chi connectivity index (χ2n) is 7.61. The zero-order valence-electron chi connectivity index (χ0n) is 15.0. The predicted molar refractivity (Wildman–Crippen MR) is 95.1 cm³/mol. The smallest absolute Gasteiger partial charge is 0.255 e. The zero-order chi connectivity index (χ0) is 19.4. The van der Waals surface area contributed by atoms with E-state index in [9.17, 15) is 19.5 Å². The second-order valence-corrected chi connectivity index (χ2v) is 7.61. The van der Waals surface area contributed by atoms with E-state index in [1.807, 2.05) is 12.1 Å². The van der Waals surface area contributed by atoms with Crippen molar-refractivity contribution in [2.75, 3.05) is 0 Å². The molecule has 3 amide bonds. The number of carbonyl (C=O) groups is 3. The fraction of sp³-hybridized carbons (Fsp3) is 0.421. The lowest BCUT2D eigenvalue weighted by Gasteiger charge is -2.29. The quantitative estimate of drug-likeness (QED) is 0.744. The van der Waals surface area contributed by atoms with Crippen molar-refractivity contribution in [1.29, 1.82) is 0 Å². The number of nitrogens with one attached hydrogen (secondary N) is 1. The van der Waals surface area contributed by atoms with Crippen LogP contribution in [0.5, 0.6) is 0 Å². The highest BCUT2D eigenvalue weighted by Crippen LogP contribution is 2.40. The minimum Gasteiger partial charge on any atom is -0.386 e. The summed E-state index contributed by atoms with van der Waals surface area (Å²) in [5, 5.41) is 20.6. The van der Waals surface area contributed by atoms with Gasteiger partial charge in [0, 0.05) is 18.5 Å². The van der Waals surface area contributed by atoms with E-state index in [-0.39, 0.29) is 24.2 Å². The van der Waals surface area contributed by atoms with Crippen molar-refractivity contribution >= 4 is 17.7 Å². The number of fused-ring (bicyclic) bond motifs is 1. The molecule has 5 rings (SSSR count). The van der Waals surface area contributed by atoms with Crippen LogP contribution in [0, 0.1) is 5.92 Å². The number of amides is 3. The van der Waals surface area contributed by atoms with Crippen molar-refractivity contribution in [2.24, 2.45) is 5.92 Å². The fourth-order valence-corrected chi connectivity index (χ4v) is 3.88. The highest BCUT2D eigenvalue weighted by Gasteiger charge is 2.39. The van der Waals surface area contributed by atoms with Gasteiger partial charge in [0.15, 0.2) is 0 Å². The standard InChI is InChI=1S/C19H19N5O4/c25-16-6-5-15(18(27)20-16)23-8-11-3-4-12(7-13(11)19(23)28)24-9-14(21-22-24)17(26)10-1-2-10/h3-4,7,9-10,15,17,26H,1-2,5-6,8H2,(H,20,25,27). The lowest BCUT2D eigenvalue weighted by Crippen LogP contribution is -2.52. The van der Waals surface area contributed by atoms with Crippen LogP contribution in [0.15, 0.2) is 24.4 Å². The van der Waals surface area contributed by atoms with Gasteiger partial charge in [-0.2, -0.15) is 0 Å². The van der Waals surface area contributed by atoms with Gasteiger partial charge in [0.1, 0.15) is 17.8 Å². The molecule has 1 saturated carbocycles. The van der Waals surface area contributed by atoms with E-state index in [2.05, 4.69) is 15.6 Å². The Hall–Kier alpha value is -3.07. The molecule has 2 aliphatic heterocycles. The highest BCUT2D eigenvalue weighted by molar-refractivity contribution is 6.05. The predicted octanol–water partition coefficient (Wildman–Crippen LogP) is 0.472. The summed E-state index contributed by atoms with van der Waals surface area (Å²) >= 11 is 0. The van der Waals surface area contributed by atoms with Gasteiger partial charge in [-0.25, -0.2) is 4.68 Å². The van der Waals surface area contributed by atoms with Crippen LogP contribution in [0.4, 0.5) is 0 Å². The van der Waals surface area contributed by atoms with E-state index in [0.29, 0.717) is 29.9 Å². The lowest BCUT2D eigenvalue weighted by atomic mass is 10.0. The van der Waals surface area contributed by atoms with Crippen LogP contribution in [-0.2, 0) is 16.1 Å². The molecule has 2 fully saturated rings. The molecular weight excluding hydrogens is 362 g/mol. The van der Waals surface area contributed by atoms with Crippen LogP contribution in [0.3, 0.4) is 0 Å². The molecule has 9 heteroatoms. The summed E-state index contributed by atoms with van der Waals surface area (Å²) in [7, 11) is 0. The van der Waals surface area contributed by atoms with Crippen molar-refractivity contribution < 1.29 is 19.5 Å². The van der Waals surface area contributed by atoms with Crippen molar-refractivity contribution in [3.05, 3.63) is 41.2 Å². The molecule has 0 spiro atoms. The molecule has 1 aliphatic carbocycles. The third-order valence-corrected chi connectivity index (χ3v) is 5.66. The number of carbonyl (C=O) groups excluding carboxylic acids is 3. The van der Waals surface area contributed by atoms with Gasteiger partial charge in [-0.1, -0.05) is 11.3 Å². The average molecular weight is 381 g/mol. The largest absolute Gasteiger partial charge is 0.386 e. The first-order chi connectivity index (χ1) is 13.5. The number of imide groups is 1. The van der Waals surface area contributed by atoms with Crippen molar-refractivity contribution in [2.45, 2.75) is 44.4 Å². The van der Waals surface area contributed by atoms with E-state index in [4.69, 9.17) is 0 Å². The lowest BCUT2D eigenvalue weighted by molar-refractivity contribution is -0.136. The Balaban J connectivity index is 1.39. The summed E-state index contributed by atoms with van der Waals surface area (Å²) in [5.41, 5.74) is 2.54. The highest BCUT2D eigenvalue weighted by atomic mass is 16.3. The number of benzene rings is 1. The molecule has 2 aromatic rings. The van der Waals surface area contributed by atoms with Crippen molar-refractivity contribution in [1.82, 2.24) is 25.2 Å².